The summed E-state index contributed by atoms with van der Waals surface area (Å²) in [6.07, 6.45) is 4.29. The van der Waals surface area contributed by atoms with E-state index in [0.29, 0.717) is 22.1 Å². The molecule has 0 aliphatic carbocycles. The van der Waals surface area contributed by atoms with E-state index in [-0.39, 0.29) is 16.7 Å². The Morgan fingerprint density at radius 1 is 1.16 bits per heavy atom. The van der Waals surface area contributed by atoms with Crippen LogP contribution in [0.25, 0.3) is 16.6 Å². The molecule has 6 heteroatoms. The van der Waals surface area contributed by atoms with Crippen molar-refractivity contribution >= 4 is 28.6 Å². The zero-order chi connectivity index (χ0) is 22.0. The van der Waals surface area contributed by atoms with E-state index in [0.717, 1.165) is 37.1 Å². The largest absolute Gasteiger partial charge is 0.339 e. The third kappa shape index (κ3) is 4.40. The summed E-state index contributed by atoms with van der Waals surface area (Å²) in [6, 6.07) is 15.5. The average molecular weight is 436 g/mol. The number of piperidine rings is 1. The Morgan fingerprint density at radius 3 is 2.65 bits per heavy atom. The lowest BCUT2D eigenvalue weighted by molar-refractivity contribution is -0.134. The first-order chi connectivity index (χ1) is 15.0. The summed E-state index contributed by atoms with van der Waals surface area (Å²) in [7, 11) is 0. The fourth-order valence-electron chi connectivity index (χ4n) is 4.27. The highest BCUT2D eigenvalue weighted by molar-refractivity contribution is 8.00. The Balaban J connectivity index is 1.74. The number of aryl methyl sites for hydroxylation is 1. The molecule has 4 rings (SSSR count). The van der Waals surface area contributed by atoms with Crippen LogP contribution in [0.4, 0.5) is 0 Å². The quantitative estimate of drug-likeness (QED) is 0.420. The number of carbonyl (C=O) groups excluding carboxylic acids is 1. The summed E-state index contributed by atoms with van der Waals surface area (Å²) in [5.74, 6) is 0.134. The maximum Gasteiger partial charge on any atom is 0.266 e. The number of nitrogens with zero attached hydrogens (tertiary/aromatic N) is 3. The van der Waals surface area contributed by atoms with E-state index >= 15 is 0 Å². The van der Waals surface area contributed by atoms with Crippen molar-refractivity contribution in [3.8, 4) is 5.69 Å². The molecule has 31 heavy (non-hydrogen) atoms. The molecule has 0 saturated carbocycles. The molecule has 1 saturated heterocycles. The van der Waals surface area contributed by atoms with Gasteiger partial charge in [-0.1, -0.05) is 48.5 Å². The van der Waals surface area contributed by atoms with Gasteiger partial charge in [-0.25, -0.2) is 4.98 Å². The molecular formula is C25H29N3O2S. The summed E-state index contributed by atoms with van der Waals surface area (Å²) in [5, 5.41) is 0.809. The number of hydrogen-bond donors (Lipinski definition) is 0. The van der Waals surface area contributed by atoms with Crippen LogP contribution in [-0.2, 0) is 4.79 Å². The van der Waals surface area contributed by atoms with E-state index in [4.69, 9.17) is 4.98 Å². The summed E-state index contributed by atoms with van der Waals surface area (Å²) >= 11 is 1.37. The topological polar surface area (TPSA) is 55.2 Å². The van der Waals surface area contributed by atoms with Gasteiger partial charge in [0.05, 0.1) is 21.8 Å². The van der Waals surface area contributed by atoms with Crippen molar-refractivity contribution in [2.75, 3.05) is 6.54 Å². The maximum atomic E-state index is 13.4. The van der Waals surface area contributed by atoms with Crippen molar-refractivity contribution < 1.29 is 4.79 Å². The van der Waals surface area contributed by atoms with E-state index < -0.39 is 0 Å². The van der Waals surface area contributed by atoms with Gasteiger partial charge in [0.1, 0.15) is 0 Å². The molecule has 2 heterocycles. The number of likely N-dealkylation sites (tertiary alicyclic amines) is 1. The molecule has 1 aliphatic rings. The third-order valence-electron chi connectivity index (χ3n) is 6.05. The summed E-state index contributed by atoms with van der Waals surface area (Å²) in [5.41, 5.74) is 2.43. The average Bonchev–Trinajstić information content (AvgIpc) is 2.79. The predicted octanol–water partition coefficient (Wildman–Crippen LogP) is 4.97. The molecule has 1 aromatic heterocycles. The number of para-hydroxylation sites is 1. The predicted molar refractivity (Wildman–Crippen MR) is 127 cm³/mol. The molecular weight excluding hydrogens is 406 g/mol. The number of rotatable bonds is 5. The molecule has 0 radical (unpaired) electrons. The lowest BCUT2D eigenvalue weighted by Gasteiger charge is -2.36. The van der Waals surface area contributed by atoms with E-state index in [1.165, 1.54) is 18.2 Å². The molecule has 2 aromatic carbocycles. The number of aromatic nitrogens is 2. The number of carbonyl (C=O) groups is 1. The van der Waals surface area contributed by atoms with Gasteiger partial charge in [0.2, 0.25) is 5.91 Å². The Hall–Kier alpha value is -2.60. The van der Waals surface area contributed by atoms with Gasteiger partial charge in [-0.15, -0.1) is 0 Å². The standard InChI is InChI=1S/C25H29N3O2S/c1-4-19-9-7-8-16-27(19)23(29)18(3)31-25-26-22-11-6-5-10-21(22)24(30)28(25)20-14-12-17(2)13-15-20/h5-6,10-15,18-19H,4,7-9,16H2,1-3H3. The van der Waals surface area contributed by atoms with Crippen LogP contribution in [0.2, 0.25) is 0 Å². The highest BCUT2D eigenvalue weighted by Gasteiger charge is 2.30. The molecule has 2 unspecified atom stereocenters. The van der Waals surface area contributed by atoms with Crippen molar-refractivity contribution in [3.05, 3.63) is 64.4 Å². The molecule has 0 spiro atoms. The van der Waals surface area contributed by atoms with E-state index in [9.17, 15) is 9.59 Å². The highest BCUT2D eigenvalue weighted by atomic mass is 32.2. The fourth-order valence-corrected chi connectivity index (χ4v) is 5.27. The molecule has 5 nitrogen and oxygen atoms in total. The van der Waals surface area contributed by atoms with Crippen LogP contribution in [0.5, 0.6) is 0 Å². The Morgan fingerprint density at radius 2 is 1.90 bits per heavy atom. The fraction of sp³-hybridized carbons (Fsp3) is 0.400. The summed E-state index contributed by atoms with van der Waals surface area (Å²) in [6.45, 7) is 6.91. The van der Waals surface area contributed by atoms with Crippen LogP contribution >= 0.6 is 11.8 Å². The van der Waals surface area contributed by atoms with Crippen molar-refractivity contribution in [2.24, 2.45) is 0 Å². The number of hydrogen-bond acceptors (Lipinski definition) is 4. The van der Waals surface area contributed by atoms with Crippen LogP contribution in [-0.4, -0.2) is 38.2 Å². The highest BCUT2D eigenvalue weighted by Crippen LogP contribution is 2.29. The van der Waals surface area contributed by atoms with Gasteiger partial charge in [-0.2, -0.15) is 0 Å². The lowest BCUT2D eigenvalue weighted by Crippen LogP contribution is -2.46. The normalized spacial score (nSPS) is 17.6. The maximum absolute atomic E-state index is 13.4. The molecule has 0 bridgehead atoms. The number of fused-ring (bicyclic) bond motifs is 1. The van der Waals surface area contributed by atoms with Crippen LogP contribution in [0.3, 0.4) is 0 Å². The first-order valence-corrected chi connectivity index (χ1v) is 11.9. The second kappa shape index (κ2) is 9.27. The minimum atomic E-state index is -0.322. The van der Waals surface area contributed by atoms with Gasteiger partial charge < -0.3 is 4.90 Å². The third-order valence-corrected chi connectivity index (χ3v) is 7.09. The minimum Gasteiger partial charge on any atom is -0.339 e. The Labute approximate surface area is 187 Å². The zero-order valence-corrected chi connectivity index (χ0v) is 19.2. The first kappa shape index (κ1) is 21.6. The summed E-state index contributed by atoms with van der Waals surface area (Å²) in [4.78, 5) is 33.5. The van der Waals surface area contributed by atoms with Crippen LogP contribution < -0.4 is 5.56 Å². The zero-order valence-electron chi connectivity index (χ0n) is 18.4. The van der Waals surface area contributed by atoms with Gasteiger partial charge in [0.25, 0.3) is 5.56 Å². The second-order valence-corrected chi connectivity index (χ2v) is 9.55. The first-order valence-electron chi connectivity index (χ1n) is 11.1. The molecule has 1 amide bonds. The van der Waals surface area contributed by atoms with Crippen molar-refractivity contribution in [2.45, 2.75) is 62.9 Å². The monoisotopic (exact) mass is 435 g/mol. The van der Waals surface area contributed by atoms with E-state index in [1.807, 2.05) is 61.2 Å². The van der Waals surface area contributed by atoms with Crippen molar-refractivity contribution in [1.82, 2.24) is 14.5 Å². The van der Waals surface area contributed by atoms with Crippen LogP contribution in [0.15, 0.2) is 58.5 Å². The lowest BCUT2D eigenvalue weighted by atomic mass is 10.00. The van der Waals surface area contributed by atoms with Gasteiger partial charge in [0.15, 0.2) is 5.16 Å². The number of amides is 1. The van der Waals surface area contributed by atoms with Crippen molar-refractivity contribution in [3.63, 3.8) is 0 Å². The number of benzene rings is 2. The Bertz CT molecular complexity index is 1140. The van der Waals surface area contributed by atoms with Gasteiger partial charge >= 0.3 is 0 Å². The van der Waals surface area contributed by atoms with Gasteiger partial charge in [-0.3, -0.25) is 14.2 Å². The van der Waals surface area contributed by atoms with Crippen molar-refractivity contribution in [1.29, 1.82) is 0 Å². The minimum absolute atomic E-state index is 0.110. The molecule has 1 aliphatic heterocycles. The molecule has 3 aromatic rings. The smallest absolute Gasteiger partial charge is 0.266 e. The Kier molecular flexibility index (Phi) is 6.46. The van der Waals surface area contributed by atoms with Gasteiger partial charge in [0, 0.05) is 12.6 Å². The molecule has 1 fully saturated rings. The van der Waals surface area contributed by atoms with E-state index in [2.05, 4.69) is 6.92 Å². The SMILES string of the molecule is CCC1CCCCN1C(=O)C(C)Sc1nc2ccccc2c(=O)n1-c1ccc(C)cc1. The van der Waals surface area contributed by atoms with Crippen LogP contribution in [0.1, 0.15) is 45.1 Å². The van der Waals surface area contributed by atoms with E-state index in [1.54, 1.807) is 10.6 Å². The molecule has 2 atom stereocenters. The van der Waals surface area contributed by atoms with Gasteiger partial charge in [-0.05, 0) is 63.8 Å². The van der Waals surface area contributed by atoms with Crippen LogP contribution in [0, 0.1) is 6.92 Å². The second-order valence-electron chi connectivity index (χ2n) is 8.24. The summed E-state index contributed by atoms with van der Waals surface area (Å²) < 4.78 is 1.64. The molecule has 0 N–H and O–H groups in total. The molecule has 162 valence electrons. The number of thioether (sulfide) groups is 1.